The van der Waals surface area contributed by atoms with E-state index in [1.54, 1.807) is 12.4 Å². The summed E-state index contributed by atoms with van der Waals surface area (Å²) >= 11 is 0. The maximum Gasteiger partial charge on any atom is 0.326 e. The Balaban J connectivity index is 1.55. The Morgan fingerprint density at radius 1 is 0.721 bits per heavy atom. The van der Waals surface area contributed by atoms with Gasteiger partial charge in [-0.05, 0) is 23.3 Å². The number of carboxylic acid groups (broad SMARTS) is 1. The number of primary amides is 1. The van der Waals surface area contributed by atoms with Crippen LogP contribution in [0.3, 0.4) is 0 Å². The minimum absolute atomic E-state index is 0.0358. The van der Waals surface area contributed by atoms with Gasteiger partial charge in [0.2, 0.25) is 23.6 Å². The summed E-state index contributed by atoms with van der Waals surface area (Å²) in [6.45, 7) is -0.847. The number of carbonyl (C=O) groups excluding carboxylic acids is 4. The van der Waals surface area contributed by atoms with Gasteiger partial charge >= 0.3 is 5.97 Å². The Bertz CT molecular complexity index is 1650. The second-order valence-corrected chi connectivity index (χ2v) is 10.1. The minimum atomic E-state index is -1.52. The number of hydrogen-bond acceptors (Lipinski definition) is 7. The Morgan fingerprint density at radius 3 is 1.70 bits per heavy atom. The van der Waals surface area contributed by atoms with E-state index in [1.807, 2.05) is 48.5 Å². The second kappa shape index (κ2) is 13.6. The molecule has 4 aromatic rings. The van der Waals surface area contributed by atoms with Crippen LogP contribution in [0.4, 0.5) is 0 Å². The first-order valence-electron chi connectivity index (χ1n) is 13.5. The number of hydrogen-bond donors (Lipinski definition) is 9. The summed E-state index contributed by atoms with van der Waals surface area (Å²) in [6.07, 6.45) is 2.78. The molecule has 2 aromatic heterocycles. The van der Waals surface area contributed by atoms with Crippen molar-refractivity contribution in [2.45, 2.75) is 43.4 Å². The van der Waals surface area contributed by atoms with Crippen LogP contribution in [0.5, 0.6) is 0 Å². The molecule has 0 fully saturated rings. The summed E-state index contributed by atoms with van der Waals surface area (Å²) in [5.41, 5.74) is 13.6. The summed E-state index contributed by atoms with van der Waals surface area (Å²) in [4.78, 5) is 68.6. The summed E-state index contributed by atoms with van der Waals surface area (Å²) in [7, 11) is 0. The molecule has 0 aliphatic carbocycles. The molecule has 14 nitrogen and oxygen atoms in total. The van der Waals surface area contributed by atoms with Crippen LogP contribution in [0.1, 0.15) is 17.5 Å². The van der Waals surface area contributed by atoms with Crippen LogP contribution in [0.15, 0.2) is 60.9 Å². The number of para-hydroxylation sites is 2. The number of nitrogens with one attached hydrogen (secondary N) is 5. The lowest BCUT2D eigenvalue weighted by Crippen LogP contribution is -2.58. The molecule has 0 spiro atoms. The number of fused-ring (bicyclic) bond motifs is 2. The van der Waals surface area contributed by atoms with E-state index in [4.69, 9.17) is 11.5 Å². The van der Waals surface area contributed by atoms with Crippen LogP contribution in [0.25, 0.3) is 21.8 Å². The van der Waals surface area contributed by atoms with Crippen LogP contribution >= 0.6 is 0 Å². The van der Waals surface area contributed by atoms with Crippen molar-refractivity contribution in [1.82, 2.24) is 25.9 Å². The van der Waals surface area contributed by atoms with Crippen molar-refractivity contribution >= 4 is 51.4 Å². The zero-order valence-electron chi connectivity index (χ0n) is 23.0. The molecule has 14 heteroatoms. The summed E-state index contributed by atoms with van der Waals surface area (Å²) < 4.78 is 0. The van der Waals surface area contributed by atoms with E-state index in [9.17, 15) is 34.2 Å². The van der Waals surface area contributed by atoms with Gasteiger partial charge in [0.05, 0.1) is 19.1 Å². The number of amides is 4. The van der Waals surface area contributed by atoms with Crippen molar-refractivity contribution in [2.24, 2.45) is 11.5 Å². The lowest BCUT2D eigenvalue weighted by atomic mass is 10.0. The molecule has 4 amide bonds. The Morgan fingerprint density at radius 2 is 1.19 bits per heavy atom. The van der Waals surface area contributed by atoms with Crippen LogP contribution in [0.2, 0.25) is 0 Å². The average Bonchev–Trinajstić information content (AvgIpc) is 3.58. The molecule has 0 bridgehead atoms. The molecule has 0 aliphatic heterocycles. The zero-order chi connectivity index (χ0) is 31.1. The number of aromatic nitrogens is 2. The van der Waals surface area contributed by atoms with Gasteiger partial charge in [-0.1, -0.05) is 36.4 Å². The van der Waals surface area contributed by atoms with Gasteiger partial charge in [-0.2, -0.15) is 0 Å². The quantitative estimate of drug-likeness (QED) is 0.0893. The van der Waals surface area contributed by atoms with Crippen LogP contribution in [-0.4, -0.2) is 80.6 Å². The number of carbonyl (C=O) groups is 5. The van der Waals surface area contributed by atoms with E-state index in [1.165, 1.54) is 0 Å². The number of carboxylic acids is 1. The maximum absolute atomic E-state index is 13.6. The van der Waals surface area contributed by atoms with E-state index in [2.05, 4.69) is 25.9 Å². The molecular weight excluding hydrogens is 558 g/mol. The summed E-state index contributed by atoms with van der Waals surface area (Å²) in [5, 5.41) is 28.6. The molecule has 2 heterocycles. The lowest BCUT2D eigenvalue weighted by Gasteiger charge is -2.24. The molecule has 43 heavy (non-hydrogen) atoms. The number of aliphatic hydroxyl groups is 1. The fourth-order valence-electron chi connectivity index (χ4n) is 4.78. The SMILES string of the molecule is NC(=O)CC(N)C(=O)NC(CO)C(=O)NC(Cc1c[nH]c2ccccc12)C(=O)NC(Cc1c[nH]c2ccccc12)C(=O)O. The van der Waals surface area contributed by atoms with E-state index >= 15 is 0 Å². The van der Waals surface area contributed by atoms with Gasteiger partial charge in [0.25, 0.3) is 0 Å². The first kappa shape index (κ1) is 30.7. The maximum atomic E-state index is 13.6. The molecule has 2 aromatic carbocycles. The Labute approximate surface area is 245 Å². The third kappa shape index (κ3) is 7.55. The number of rotatable bonds is 14. The van der Waals surface area contributed by atoms with Crippen LogP contribution in [-0.2, 0) is 36.8 Å². The molecule has 0 radical (unpaired) electrons. The fraction of sp³-hybridized carbons (Fsp3) is 0.276. The lowest BCUT2D eigenvalue weighted by molar-refractivity contribution is -0.142. The topological polar surface area (TPSA) is 246 Å². The van der Waals surface area contributed by atoms with E-state index in [0.29, 0.717) is 11.1 Å². The van der Waals surface area contributed by atoms with Crippen molar-refractivity contribution in [3.05, 3.63) is 72.1 Å². The number of nitrogens with two attached hydrogens (primary N) is 2. The van der Waals surface area contributed by atoms with Crippen molar-refractivity contribution in [2.75, 3.05) is 6.61 Å². The standard InChI is InChI=1S/C29H33N7O7/c30-19(11-25(31)38)26(39)36-24(14-37)28(41)34-22(9-15-12-32-20-7-3-1-5-17(15)20)27(40)35-23(29(42)43)10-16-13-33-21-8-4-2-6-18(16)21/h1-8,12-13,19,22-24,32-33,37H,9-11,14,30H2,(H2,31,38)(H,34,41)(H,35,40)(H,36,39)(H,42,43). The fourth-order valence-corrected chi connectivity index (χ4v) is 4.78. The smallest absolute Gasteiger partial charge is 0.326 e. The van der Waals surface area contributed by atoms with E-state index in [0.717, 1.165) is 21.8 Å². The van der Waals surface area contributed by atoms with Crippen molar-refractivity contribution in [1.29, 1.82) is 0 Å². The highest BCUT2D eigenvalue weighted by Crippen LogP contribution is 2.21. The molecular formula is C29H33N7O7. The summed E-state index contributed by atoms with van der Waals surface area (Å²) in [5.74, 6) is -4.73. The Kier molecular flexibility index (Phi) is 9.75. The third-order valence-electron chi connectivity index (χ3n) is 7.02. The van der Waals surface area contributed by atoms with Gasteiger partial charge < -0.3 is 47.6 Å². The first-order valence-corrected chi connectivity index (χ1v) is 13.5. The number of aromatic amines is 2. The first-order chi connectivity index (χ1) is 20.6. The molecule has 4 unspecified atom stereocenters. The molecule has 11 N–H and O–H groups in total. The van der Waals surface area contributed by atoms with Crippen molar-refractivity contribution in [3.8, 4) is 0 Å². The van der Waals surface area contributed by atoms with E-state index in [-0.39, 0.29) is 12.8 Å². The van der Waals surface area contributed by atoms with Gasteiger partial charge in [0, 0.05) is 47.0 Å². The monoisotopic (exact) mass is 591 g/mol. The second-order valence-electron chi connectivity index (χ2n) is 10.1. The molecule has 4 atom stereocenters. The molecule has 0 aliphatic rings. The highest BCUT2D eigenvalue weighted by molar-refractivity contribution is 5.96. The largest absolute Gasteiger partial charge is 0.480 e. The molecule has 4 rings (SSSR count). The third-order valence-corrected chi connectivity index (χ3v) is 7.02. The highest BCUT2D eigenvalue weighted by atomic mass is 16.4. The van der Waals surface area contributed by atoms with Crippen LogP contribution < -0.4 is 27.4 Å². The van der Waals surface area contributed by atoms with Gasteiger partial charge in [-0.25, -0.2) is 4.79 Å². The Hall–Kier alpha value is -5.21. The molecule has 226 valence electrons. The average molecular weight is 592 g/mol. The van der Waals surface area contributed by atoms with Gasteiger partial charge in [-0.3, -0.25) is 19.2 Å². The predicted molar refractivity (Wildman–Crippen MR) is 156 cm³/mol. The number of benzene rings is 2. The van der Waals surface area contributed by atoms with E-state index < -0.39 is 66.8 Å². The van der Waals surface area contributed by atoms with Crippen molar-refractivity contribution < 1.29 is 34.2 Å². The zero-order valence-corrected chi connectivity index (χ0v) is 23.0. The molecule has 0 saturated heterocycles. The number of aliphatic hydroxyl groups excluding tert-OH is 1. The van der Waals surface area contributed by atoms with Gasteiger partial charge in [-0.15, -0.1) is 0 Å². The van der Waals surface area contributed by atoms with Gasteiger partial charge in [0.15, 0.2) is 0 Å². The predicted octanol–water partition coefficient (Wildman–Crippen LogP) is -0.832. The van der Waals surface area contributed by atoms with Gasteiger partial charge in [0.1, 0.15) is 18.1 Å². The highest BCUT2D eigenvalue weighted by Gasteiger charge is 2.31. The number of aliphatic carboxylic acids is 1. The summed E-state index contributed by atoms with van der Waals surface area (Å²) in [6, 6.07) is 9.11. The van der Waals surface area contributed by atoms with Crippen LogP contribution in [0, 0.1) is 0 Å². The minimum Gasteiger partial charge on any atom is -0.480 e. The van der Waals surface area contributed by atoms with Crippen molar-refractivity contribution in [3.63, 3.8) is 0 Å². The number of H-pyrrole nitrogens is 2. The molecule has 0 saturated carbocycles. The normalized spacial score (nSPS) is 14.0.